The number of carboxylic acids is 1. The molecule has 2 aromatic rings. The molecule has 2 aliphatic rings. The van der Waals surface area contributed by atoms with Crippen molar-refractivity contribution in [3.8, 4) is 5.75 Å². The number of esters is 1. The van der Waals surface area contributed by atoms with Crippen molar-refractivity contribution in [1.29, 1.82) is 5.41 Å². The summed E-state index contributed by atoms with van der Waals surface area (Å²) in [6, 6.07) is 10.1. The summed E-state index contributed by atoms with van der Waals surface area (Å²) >= 11 is 0. The molecule has 2 aliphatic heterocycles. The van der Waals surface area contributed by atoms with Gasteiger partial charge in [-0.1, -0.05) is 12.1 Å². The number of rotatable bonds is 6. The van der Waals surface area contributed by atoms with Crippen molar-refractivity contribution >= 4 is 46.9 Å². The molecular weight excluding hydrogens is 522 g/mol. The predicted molar refractivity (Wildman–Crippen MR) is 144 cm³/mol. The van der Waals surface area contributed by atoms with Gasteiger partial charge in [-0.2, -0.15) is 0 Å². The lowest BCUT2D eigenvalue weighted by Crippen LogP contribution is -2.61. The van der Waals surface area contributed by atoms with Gasteiger partial charge >= 0.3 is 5.97 Å². The Bertz CT molecular complexity index is 1340. The number of likely N-dealkylation sites (tertiary alicyclic amines) is 1. The number of anilines is 2. The Kier molecular flexibility index (Phi) is 9.09. The summed E-state index contributed by atoms with van der Waals surface area (Å²) in [5.74, 6) is -2.95. The van der Waals surface area contributed by atoms with Crippen molar-refractivity contribution in [3.05, 3.63) is 53.6 Å². The molecule has 2 heterocycles. The number of nitrogens with two attached hydrogens (primary N) is 1. The van der Waals surface area contributed by atoms with Crippen molar-refractivity contribution < 1.29 is 38.6 Å². The Balaban J connectivity index is 0.00000103. The fraction of sp³-hybridized carbons (Fsp3) is 0.333. The Morgan fingerprint density at radius 2 is 1.82 bits per heavy atom. The van der Waals surface area contributed by atoms with Crippen LogP contribution >= 0.6 is 0 Å². The van der Waals surface area contributed by atoms with E-state index in [0.29, 0.717) is 41.9 Å². The Morgan fingerprint density at radius 1 is 1.20 bits per heavy atom. The van der Waals surface area contributed by atoms with Crippen LogP contribution in [0.4, 0.5) is 11.4 Å². The van der Waals surface area contributed by atoms with Gasteiger partial charge in [0.15, 0.2) is 0 Å². The van der Waals surface area contributed by atoms with Gasteiger partial charge in [0.1, 0.15) is 17.6 Å². The number of fused-ring (bicyclic) bond motifs is 1. The molecule has 0 radical (unpaired) electrons. The van der Waals surface area contributed by atoms with Crippen molar-refractivity contribution in [2.24, 2.45) is 5.73 Å². The lowest BCUT2D eigenvalue weighted by molar-refractivity contribution is -0.162. The number of hydrogen-bond donors (Lipinski definition) is 5. The number of aliphatic carboxylic acids is 1. The molecule has 2 aromatic carbocycles. The summed E-state index contributed by atoms with van der Waals surface area (Å²) in [6.45, 7) is 4.62. The fourth-order valence-electron chi connectivity index (χ4n) is 4.21. The minimum atomic E-state index is -1.91. The maximum absolute atomic E-state index is 13.4. The zero-order valence-electron chi connectivity index (χ0n) is 22.3. The van der Waals surface area contributed by atoms with Crippen LogP contribution in [0.25, 0.3) is 0 Å². The van der Waals surface area contributed by atoms with Gasteiger partial charge in [0.05, 0.1) is 12.3 Å². The molecule has 0 aromatic heterocycles. The first kappa shape index (κ1) is 29.6. The highest BCUT2D eigenvalue weighted by molar-refractivity contribution is 6.16. The third-order valence-corrected chi connectivity index (χ3v) is 6.17. The second kappa shape index (κ2) is 12.3. The molecular formula is C27H31N5O8. The highest BCUT2D eigenvalue weighted by Crippen LogP contribution is 2.37. The van der Waals surface area contributed by atoms with E-state index in [1.807, 2.05) is 0 Å². The summed E-state index contributed by atoms with van der Waals surface area (Å²) in [6.07, 6.45) is 1.05. The largest absolute Gasteiger partial charge is 0.481 e. The van der Waals surface area contributed by atoms with Gasteiger partial charge in [-0.25, -0.2) is 4.79 Å². The van der Waals surface area contributed by atoms with Crippen LogP contribution in [0.3, 0.4) is 0 Å². The Morgan fingerprint density at radius 3 is 2.42 bits per heavy atom. The number of carboxylic acid groups (broad SMARTS) is 1. The van der Waals surface area contributed by atoms with E-state index in [1.165, 1.54) is 17.9 Å². The number of ether oxygens (including phenoxy) is 2. The molecule has 0 bridgehead atoms. The smallest absolute Gasteiger partial charge is 0.328 e. The van der Waals surface area contributed by atoms with E-state index in [9.17, 15) is 19.2 Å². The van der Waals surface area contributed by atoms with Crippen LogP contribution in [-0.2, 0) is 23.9 Å². The van der Waals surface area contributed by atoms with E-state index < -0.39 is 41.3 Å². The van der Waals surface area contributed by atoms with Crippen molar-refractivity contribution in [2.45, 2.75) is 45.3 Å². The summed E-state index contributed by atoms with van der Waals surface area (Å²) in [5, 5.41) is 20.3. The van der Waals surface area contributed by atoms with E-state index in [2.05, 4.69) is 10.6 Å². The quantitative estimate of drug-likeness (QED) is 0.153. The SMILES string of the molecule is CC(=O)O.CCOC(=O)[C@@H]1CCCN1C(=O)[C@]1(C)Oc2cc(NC(=O)c3ccc(C(=N)N)cc3)ccc2NC1=O. The normalized spacial score (nSPS) is 19.1. The molecule has 1 fully saturated rings. The van der Waals surface area contributed by atoms with Crippen molar-refractivity contribution in [1.82, 2.24) is 4.90 Å². The van der Waals surface area contributed by atoms with Gasteiger partial charge in [-0.3, -0.25) is 24.6 Å². The van der Waals surface area contributed by atoms with E-state index in [-0.39, 0.29) is 18.2 Å². The molecule has 2 atom stereocenters. The zero-order chi connectivity index (χ0) is 29.6. The minimum Gasteiger partial charge on any atom is -0.481 e. The van der Waals surface area contributed by atoms with Gasteiger partial charge in [0, 0.05) is 36.3 Å². The number of hydrogen-bond acceptors (Lipinski definition) is 8. The first-order chi connectivity index (χ1) is 18.9. The zero-order valence-corrected chi connectivity index (χ0v) is 22.3. The standard InChI is InChI=1S/C25H27N5O6.C2H4O2/c1-3-35-22(32)18-5-4-12-30(18)24(34)25(2)23(33)29-17-11-10-16(13-19(17)36-25)28-21(31)15-8-6-14(7-9-15)20(26)27;1-2(3)4/h6-11,13,18H,3-5,12H2,1-2H3,(H3,26,27)(H,28,31)(H,29,33);1H3,(H,3,4)/t18-,25+;/m0./s1. The van der Waals surface area contributed by atoms with Gasteiger partial charge in [-0.05, 0) is 51.0 Å². The van der Waals surface area contributed by atoms with E-state index in [0.717, 1.165) is 6.92 Å². The van der Waals surface area contributed by atoms with Crippen LogP contribution in [-0.4, -0.2) is 70.3 Å². The molecule has 0 saturated carbocycles. The van der Waals surface area contributed by atoms with E-state index in [1.54, 1.807) is 43.3 Å². The molecule has 6 N–H and O–H groups in total. The first-order valence-electron chi connectivity index (χ1n) is 12.4. The predicted octanol–water partition coefficient (Wildman–Crippen LogP) is 1.96. The lowest BCUT2D eigenvalue weighted by Gasteiger charge is -2.37. The van der Waals surface area contributed by atoms with Crippen LogP contribution in [0.5, 0.6) is 5.75 Å². The highest BCUT2D eigenvalue weighted by atomic mass is 16.5. The maximum atomic E-state index is 13.4. The number of nitrogen functional groups attached to an aromatic ring is 1. The van der Waals surface area contributed by atoms with Gasteiger partial charge in [0.25, 0.3) is 29.3 Å². The molecule has 0 aliphatic carbocycles. The van der Waals surface area contributed by atoms with Gasteiger partial charge in [-0.15, -0.1) is 0 Å². The fourth-order valence-corrected chi connectivity index (χ4v) is 4.21. The molecule has 212 valence electrons. The Labute approximate surface area is 230 Å². The third-order valence-electron chi connectivity index (χ3n) is 6.17. The molecule has 3 amide bonds. The van der Waals surface area contributed by atoms with Crippen LogP contribution in [0.1, 0.15) is 49.5 Å². The third kappa shape index (κ3) is 6.54. The number of amidine groups is 1. The van der Waals surface area contributed by atoms with Crippen molar-refractivity contribution in [3.63, 3.8) is 0 Å². The first-order valence-corrected chi connectivity index (χ1v) is 12.4. The second-order valence-corrected chi connectivity index (χ2v) is 9.17. The van der Waals surface area contributed by atoms with Crippen LogP contribution < -0.4 is 21.1 Å². The van der Waals surface area contributed by atoms with Crippen LogP contribution in [0.2, 0.25) is 0 Å². The van der Waals surface area contributed by atoms with E-state index in [4.69, 9.17) is 30.5 Å². The topological polar surface area (TPSA) is 201 Å². The number of carbonyl (C=O) groups is 5. The number of amides is 3. The number of nitrogens with one attached hydrogen (secondary N) is 3. The van der Waals surface area contributed by atoms with E-state index >= 15 is 0 Å². The average Bonchev–Trinajstić information content (AvgIpc) is 3.39. The highest BCUT2D eigenvalue weighted by Gasteiger charge is 2.52. The minimum absolute atomic E-state index is 0.101. The van der Waals surface area contributed by atoms with Crippen LogP contribution in [0.15, 0.2) is 42.5 Å². The summed E-state index contributed by atoms with van der Waals surface area (Å²) in [5.41, 5.74) is 5.11. The molecule has 1 saturated heterocycles. The maximum Gasteiger partial charge on any atom is 0.328 e. The van der Waals surface area contributed by atoms with Gasteiger partial charge < -0.3 is 35.8 Å². The number of benzene rings is 2. The summed E-state index contributed by atoms with van der Waals surface area (Å²) in [4.78, 5) is 61.7. The van der Waals surface area contributed by atoms with Crippen LogP contribution in [0, 0.1) is 5.41 Å². The monoisotopic (exact) mass is 553 g/mol. The summed E-state index contributed by atoms with van der Waals surface area (Å²) in [7, 11) is 0. The summed E-state index contributed by atoms with van der Waals surface area (Å²) < 4.78 is 11.0. The average molecular weight is 554 g/mol. The molecule has 40 heavy (non-hydrogen) atoms. The molecule has 13 nitrogen and oxygen atoms in total. The molecule has 13 heteroatoms. The van der Waals surface area contributed by atoms with Crippen molar-refractivity contribution in [2.75, 3.05) is 23.8 Å². The number of carbonyl (C=O) groups excluding carboxylic acids is 4. The second-order valence-electron chi connectivity index (χ2n) is 9.17. The van der Waals surface area contributed by atoms with Gasteiger partial charge in [0.2, 0.25) is 0 Å². The number of nitrogens with zero attached hydrogens (tertiary/aromatic N) is 1. The lowest BCUT2D eigenvalue weighted by atomic mass is 10.00. The molecule has 0 spiro atoms. The Hall–Kier alpha value is -4.94. The molecule has 0 unspecified atom stereocenters. The molecule has 4 rings (SSSR count).